The molecule has 2 aliphatic rings. The van der Waals surface area contributed by atoms with Crippen molar-refractivity contribution >= 4 is 28.1 Å². The number of hydrogen-bond donors (Lipinski definition) is 0. The third-order valence-corrected chi connectivity index (χ3v) is 6.39. The van der Waals surface area contributed by atoms with Gasteiger partial charge in [0.15, 0.2) is 5.13 Å². The van der Waals surface area contributed by atoms with E-state index in [1.807, 2.05) is 22.4 Å². The second-order valence-corrected chi connectivity index (χ2v) is 8.12. The summed E-state index contributed by atoms with van der Waals surface area (Å²) in [5, 5.41) is 2.86. The highest BCUT2D eigenvalue weighted by Gasteiger charge is 2.25. The van der Waals surface area contributed by atoms with Crippen molar-refractivity contribution in [1.29, 1.82) is 0 Å². The van der Waals surface area contributed by atoms with E-state index in [9.17, 15) is 4.79 Å². The third-order valence-electron chi connectivity index (χ3n) is 5.49. The Kier molecular flexibility index (Phi) is 5.68. The predicted octanol–water partition coefficient (Wildman–Crippen LogP) is 1.87. The minimum Gasteiger partial charge on any atom is -0.497 e. The molecule has 3 heterocycles. The Balaban J connectivity index is 1.34. The molecule has 0 atom stereocenters. The molecular formula is C20H27N5O2S. The van der Waals surface area contributed by atoms with E-state index in [0.717, 1.165) is 63.2 Å². The van der Waals surface area contributed by atoms with Crippen LogP contribution in [0.4, 0.5) is 10.8 Å². The fourth-order valence-corrected chi connectivity index (χ4v) is 4.48. The fourth-order valence-electron chi connectivity index (χ4n) is 3.63. The molecule has 0 bridgehead atoms. The molecule has 0 aliphatic carbocycles. The SMILES string of the molecule is COc1ccc(N2CCN(c3nc(C(=O)N4CCN(C)CC4)cs3)CC2)cc1. The van der Waals surface area contributed by atoms with Crippen LogP contribution in [0, 0.1) is 0 Å². The van der Waals surface area contributed by atoms with Crippen molar-refractivity contribution in [1.82, 2.24) is 14.8 Å². The van der Waals surface area contributed by atoms with E-state index in [1.165, 1.54) is 5.69 Å². The number of piperazine rings is 2. The maximum absolute atomic E-state index is 12.7. The molecule has 2 fully saturated rings. The van der Waals surface area contributed by atoms with Crippen LogP contribution in [0.5, 0.6) is 5.75 Å². The molecule has 28 heavy (non-hydrogen) atoms. The van der Waals surface area contributed by atoms with Gasteiger partial charge in [-0.05, 0) is 31.3 Å². The first kappa shape index (κ1) is 19.0. The largest absolute Gasteiger partial charge is 0.497 e. The van der Waals surface area contributed by atoms with Crippen molar-refractivity contribution in [3.05, 3.63) is 35.3 Å². The van der Waals surface area contributed by atoms with E-state index in [4.69, 9.17) is 4.74 Å². The average molecular weight is 402 g/mol. The summed E-state index contributed by atoms with van der Waals surface area (Å²) in [5.74, 6) is 0.940. The molecule has 1 amide bonds. The van der Waals surface area contributed by atoms with Crippen LogP contribution in [-0.2, 0) is 0 Å². The van der Waals surface area contributed by atoms with Gasteiger partial charge in [-0.1, -0.05) is 0 Å². The molecule has 0 radical (unpaired) electrons. The molecular weight excluding hydrogens is 374 g/mol. The van der Waals surface area contributed by atoms with Crippen molar-refractivity contribution in [2.45, 2.75) is 0 Å². The zero-order valence-corrected chi connectivity index (χ0v) is 17.3. The van der Waals surface area contributed by atoms with Crippen LogP contribution in [0.15, 0.2) is 29.6 Å². The second-order valence-electron chi connectivity index (χ2n) is 7.28. The van der Waals surface area contributed by atoms with Crippen LogP contribution in [-0.4, -0.2) is 87.2 Å². The fraction of sp³-hybridized carbons (Fsp3) is 0.500. The van der Waals surface area contributed by atoms with E-state index in [2.05, 4.69) is 38.9 Å². The lowest BCUT2D eigenvalue weighted by Gasteiger charge is -2.36. The van der Waals surface area contributed by atoms with E-state index in [1.54, 1.807) is 18.4 Å². The summed E-state index contributed by atoms with van der Waals surface area (Å²) >= 11 is 1.57. The number of carbonyl (C=O) groups excluding carboxylic acids is 1. The maximum atomic E-state index is 12.7. The molecule has 7 nitrogen and oxygen atoms in total. The molecule has 1 aromatic heterocycles. The highest BCUT2D eigenvalue weighted by molar-refractivity contribution is 7.13. The van der Waals surface area contributed by atoms with E-state index in [0.29, 0.717) is 5.69 Å². The lowest BCUT2D eigenvalue weighted by molar-refractivity contribution is 0.0659. The number of nitrogens with zero attached hydrogens (tertiary/aromatic N) is 5. The van der Waals surface area contributed by atoms with Crippen LogP contribution in [0.2, 0.25) is 0 Å². The number of carbonyl (C=O) groups is 1. The molecule has 0 saturated carbocycles. The zero-order chi connectivity index (χ0) is 19.5. The number of aromatic nitrogens is 1. The first-order chi connectivity index (χ1) is 13.6. The number of thiazole rings is 1. The van der Waals surface area contributed by atoms with Gasteiger partial charge in [-0.3, -0.25) is 4.79 Å². The summed E-state index contributed by atoms with van der Waals surface area (Å²) < 4.78 is 5.24. The van der Waals surface area contributed by atoms with E-state index in [-0.39, 0.29) is 5.91 Å². The van der Waals surface area contributed by atoms with E-state index >= 15 is 0 Å². The van der Waals surface area contributed by atoms with Crippen molar-refractivity contribution in [3.8, 4) is 5.75 Å². The van der Waals surface area contributed by atoms with Crippen LogP contribution >= 0.6 is 11.3 Å². The summed E-state index contributed by atoms with van der Waals surface area (Å²) in [7, 11) is 3.78. The highest BCUT2D eigenvalue weighted by atomic mass is 32.1. The average Bonchev–Trinajstić information content (AvgIpc) is 3.24. The molecule has 8 heteroatoms. The van der Waals surface area contributed by atoms with Gasteiger partial charge in [-0.15, -0.1) is 11.3 Å². The number of benzene rings is 1. The minimum absolute atomic E-state index is 0.0625. The number of likely N-dealkylation sites (N-methyl/N-ethyl adjacent to an activating group) is 1. The van der Waals surface area contributed by atoms with Gasteiger partial charge in [0.2, 0.25) is 0 Å². The monoisotopic (exact) mass is 401 g/mol. The normalized spacial score (nSPS) is 18.4. The summed E-state index contributed by atoms with van der Waals surface area (Å²) in [6, 6.07) is 8.20. The molecule has 1 aromatic carbocycles. The smallest absolute Gasteiger partial charge is 0.273 e. The van der Waals surface area contributed by atoms with Gasteiger partial charge in [0.1, 0.15) is 11.4 Å². The third kappa shape index (κ3) is 4.07. The Labute approximate surface area is 170 Å². The van der Waals surface area contributed by atoms with Gasteiger partial charge in [-0.25, -0.2) is 4.98 Å². The standard InChI is InChI=1S/C20H27N5O2S/c1-22-7-9-24(10-8-22)19(26)18-15-28-20(21-18)25-13-11-23(12-14-25)16-3-5-17(27-2)6-4-16/h3-6,15H,7-14H2,1-2H3. The molecule has 2 aliphatic heterocycles. The minimum atomic E-state index is 0.0625. The summed E-state index contributed by atoms with van der Waals surface area (Å²) in [6.07, 6.45) is 0. The molecule has 0 spiro atoms. The summed E-state index contributed by atoms with van der Waals surface area (Å²) in [4.78, 5) is 26.2. The van der Waals surface area contributed by atoms with Crippen molar-refractivity contribution in [3.63, 3.8) is 0 Å². The maximum Gasteiger partial charge on any atom is 0.273 e. The molecule has 0 N–H and O–H groups in total. The van der Waals surface area contributed by atoms with Gasteiger partial charge < -0.3 is 24.3 Å². The van der Waals surface area contributed by atoms with Gasteiger partial charge in [0.05, 0.1) is 7.11 Å². The number of hydrogen-bond acceptors (Lipinski definition) is 7. The van der Waals surface area contributed by atoms with Crippen molar-refractivity contribution in [2.75, 3.05) is 76.3 Å². The van der Waals surface area contributed by atoms with Crippen LogP contribution in [0.1, 0.15) is 10.5 Å². The second kappa shape index (κ2) is 8.36. The van der Waals surface area contributed by atoms with Crippen molar-refractivity contribution in [2.24, 2.45) is 0 Å². The topological polar surface area (TPSA) is 52.2 Å². The molecule has 2 saturated heterocycles. The number of methoxy groups -OCH3 is 1. The first-order valence-corrected chi connectivity index (χ1v) is 10.6. The van der Waals surface area contributed by atoms with Gasteiger partial charge >= 0.3 is 0 Å². The Bertz CT molecular complexity index is 793. The van der Waals surface area contributed by atoms with Gasteiger partial charge in [0, 0.05) is 63.4 Å². The number of amides is 1. The lowest BCUT2D eigenvalue weighted by Crippen LogP contribution is -2.47. The highest BCUT2D eigenvalue weighted by Crippen LogP contribution is 2.25. The molecule has 4 rings (SSSR count). The summed E-state index contributed by atoms with van der Waals surface area (Å²) in [6.45, 7) is 7.10. The number of anilines is 2. The lowest BCUT2D eigenvalue weighted by atomic mass is 10.2. The summed E-state index contributed by atoms with van der Waals surface area (Å²) in [5.41, 5.74) is 1.80. The van der Waals surface area contributed by atoms with Crippen molar-refractivity contribution < 1.29 is 9.53 Å². The molecule has 2 aromatic rings. The van der Waals surface area contributed by atoms with Gasteiger partial charge in [-0.2, -0.15) is 0 Å². The molecule has 150 valence electrons. The number of ether oxygens (including phenoxy) is 1. The number of rotatable bonds is 4. The first-order valence-electron chi connectivity index (χ1n) is 9.71. The van der Waals surface area contributed by atoms with Gasteiger partial charge in [0.25, 0.3) is 5.91 Å². The quantitative estimate of drug-likeness (QED) is 0.780. The Morgan fingerprint density at radius 2 is 1.61 bits per heavy atom. The Morgan fingerprint density at radius 3 is 2.25 bits per heavy atom. The predicted molar refractivity (Wildman–Crippen MR) is 113 cm³/mol. The van der Waals surface area contributed by atoms with E-state index < -0.39 is 0 Å². The van der Waals surface area contributed by atoms with Crippen LogP contribution in [0.3, 0.4) is 0 Å². The Morgan fingerprint density at radius 1 is 0.964 bits per heavy atom. The zero-order valence-electron chi connectivity index (χ0n) is 16.5. The Hall–Kier alpha value is -2.32. The van der Waals surface area contributed by atoms with Crippen LogP contribution in [0.25, 0.3) is 0 Å². The molecule has 0 unspecified atom stereocenters. The van der Waals surface area contributed by atoms with Crippen LogP contribution < -0.4 is 14.5 Å².